The Morgan fingerprint density at radius 1 is 0.380 bits per heavy atom. The third kappa shape index (κ3) is 4.61. The van der Waals surface area contributed by atoms with E-state index < -0.39 is 0 Å². The normalized spacial score (nSPS) is 11.6. The number of aromatic nitrogens is 4. The van der Waals surface area contributed by atoms with Crippen LogP contribution in [0.25, 0.3) is 88.8 Å². The van der Waals surface area contributed by atoms with E-state index in [2.05, 4.69) is 179 Å². The fraction of sp³-hybridized carbons (Fsp3) is 0. The lowest BCUT2D eigenvalue weighted by Crippen LogP contribution is -1.97. The van der Waals surface area contributed by atoms with Crippen LogP contribution in [0.1, 0.15) is 0 Å². The minimum atomic E-state index is 0.710. The van der Waals surface area contributed by atoms with Crippen molar-refractivity contribution in [3.63, 3.8) is 0 Å². The summed E-state index contributed by atoms with van der Waals surface area (Å²) < 4.78 is 4.64. The van der Waals surface area contributed by atoms with Crippen LogP contribution in [0.2, 0.25) is 0 Å². The van der Waals surface area contributed by atoms with Crippen LogP contribution in [0.4, 0.5) is 0 Å². The molecule has 0 saturated carbocycles. The highest BCUT2D eigenvalue weighted by Crippen LogP contribution is 2.37. The van der Waals surface area contributed by atoms with Crippen LogP contribution in [0.15, 0.2) is 182 Å². The van der Waals surface area contributed by atoms with Gasteiger partial charge in [-0.15, -0.1) is 0 Å². The molecule has 3 heterocycles. The third-order valence-electron chi connectivity index (χ3n) is 9.77. The number of hydrogen-bond acceptors (Lipinski definition) is 2. The molecule has 0 aliphatic heterocycles. The number of para-hydroxylation sites is 3. The first kappa shape index (κ1) is 28.3. The summed E-state index contributed by atoms with van der Waals surface area (Å²) in [5, 5.41) is 4.74. The predicted molar refractivity (Wildman–Crippen MR) is 207 cm³/mol. The second-order valence-corrected chi connectivity index (χ2v) is 12.7. The molecule has 7 aromatic carbocycles. The molecule has 0 unspecified atom stereocenters. The molecule has 0 atom stereocenters. The van der Waals surface area contributed by atoms with E-state index in [1.807, 2.05) is 12.1 Å². The van der Waals surface area contributed by atoms with Crippen LogP contribution in [-0.2, 0) is 0 Å². The van der Waals surface area contributed by atoms with Crippen LogP contribution < -0.4 is 0 Å². The number of benzene rings is 7. The highest BCUT2D eigenvalue weighted by atomic mass is 15.0. The summed E-state index contributed by atoms with van der Waals surface area (Å²) in [6.45, 7) is 0. The Kier molecular flexibility index (Phi) is 6.46. The minimum absolute atomic E-state index is 0.710. The molecular weight excluding hydrogens is 609 g/mol. The summed E-state index contributed by atoms with van der Waals surface area (Å²) in [5.74, 6) is 0.710. The smallest absolute Gasteiger partial charge is 0.160 e. The number of nitrogens with zero attached hydrogens (tertiary/aromatic N) is 4. The van der Waals surface area contributed by atoms with Crippen molar-refractivity contribution in [2.24, 2.45) is 0 Å². The average molecular weight is 639 g/mol. The van der Waals surface area contributed by atoms with E-state index in [1.165, 1.54) is 43.8 Å². The van der Waals surface area contributed by atoms with Gasteiger partial charge in [0.15, 0.2) is 5.82 Å². The lowest BCUT2D eigenvalue weighted by Gasteiger charge is -2.12. The van der Waals surface area contributed by atoms with E-state index >= 15 is 0 Å². The Hall–Kier alpha value is -6.78. The van der Waals surface area contributed by atoms with E-state index in [4.69, 9.17) is 9.97 Å². The van der Waals surface area contributed by atoms with Gasteiger partial charge < -0.3 is 9.13 Å². The van der Waals surface area contributed by atoms with Crippen LogP contribution in [0.5, 0.6) is 0 Å². The molecule has 0 aliphatic carbocycles. The molecule has 0 radical (unpaired) electrons. The van der Waals surface area contributed by atoms with Gasteiger partial charge in [0.1, 0.15) is 0 Å². The topological polar surface area (TPSA) is 35.6 Å². The van der Waals surface area contributed by atoms with Crippen molar-refractivity contribution >= 4 is 43.6 Å². The summed E-state index contributed by atoms with van der Waals surface area (Å²) in [7, 11) is 0. The predicted octanol–water partition coefficient (Wildman–Crippen LogP) is 11.7. The zero-order valence-electron chi connectivity index (χ0n) is 27.1. The standard InChI is InChI=1S/C46H30N4/c1-3-11-31(12-4-1)32-19-21-33(22-20-32)45-39-16-7-9-17-41(39)47-46(48-45)34-23-25-37(26-24-34)50-42-18-10-8-15-38(42)40-29-35-27-28-49(43(35)30-44(40)50)36-13-5-2-6-14-36/h1-30H. The molecule has 3 aromatic heterocycles. The van der Waals surface area contributed by atoms with Crippen molar-refractivity contribution in [2.75, 3.05) is 0 Å². The van der Waals surface area contributed by atoms with Gasteiger partial charge in [0.05, 0.1) is 27.8 Å². The molecule has 0 amide bonds. The van der Waals surface area contributed by atoms with Crippen molar-refractivity contribution in [1.82, 2.24) is 19.1 Å². The second kappa shape index (κ2) is 11.4. The molecule has 0 saturated heterocycles. The van der Waals surface area contributed by atoms with Gasteiger partial charge in [-0.3, -0.25) is 0 Å². The largest absolute Gasteiger partial charge is 0.316 e. The summed E-state index contributed by atoms with van der Waals surface area (Å²) in [5.41, 5.74) is 12.1. The van der Waals surface area contributed by atoms with Gasteiger partial charge in [-0.1, -0.05) is 109 Å². The third-order valence-corrected chi connectivity index (χ3v) is 9.77. The van der Waals surface area contributed by atoms with Crippen molar-refractivity contribution in [1.29, 1.82) is 0 Å². The Balaban J connectivity index is 1.09. The summed E-state index contributed by atoms with van der Waals surface area (Å²) >= 11 is 0. The maximum absolute atomic E-state index is 5.18. The Morgan fingerprint density at radius 2 is 1.02 bits per heavy atom. The lowest BCUT2D eigenvalue weighted by atomic mass is 10.0. The molecule has 0 spiro atoms. The Morgan fingerprint density at radius 3 is 1.82 bits per heavy atom. The number of fused-ring (bicyclic) bond motifs is 5. The molecule has 234 valence electrons. The Bertz CT molecular complexity index is 2830. The van der Waals surface area contributed by atoms with E-state index in [-0.39, 0.29) is 0 Å². The monoisotopic (exact) mass is 638 g/mol. The highest BCUT2D eigenvalue weighted by Gasteiger charge is 2.16. The van der Waals surface area contributed by atoms with Gasteiger partial charge in [0.2, 0.25) is 0 Å². The van der Waals surface area contributed by atoms with Gasteiger partial charge in [0.25, 0.3) is 0 Å². The fourth-order valence-electron chi connectivity index (χ4n) is 7.33. The summed E-state index contributed by atoms with van der Waals surface area (Å²) in [4.78, 5) is 10.2. The first-order valence-electron chi connectivity index (χ1n) is 16.9. The van der Waals surface area contributed by atoms with Gasteiger partial charge in [-0.2, -0.15) is 0 Å². The lowest BCUT2D eigenvalue weighted by molar-refractivity contribution is 1.12. The quantitative estimate of drug-likeness (QED) is 0.188. The maximum Gasteiger partial charge on any atom is 0.160 e. The van der Waals surface area contributed by atoms with Gasteiger partial charge >= 0.3 is 0 Å². The summed E-state index contributed by atoms with van der Waals surface area (Å²) in [6, 6.07) is 62.1. The van der Waals surface area contributed by atoms with Crippen molar-refractivity contribution in [3.05, 3.63) is 182 Å². The highest BCUT2D eigenvalue weighted by molar-refractivity contribution is 6.13. The van der Waals surface area contributed by atoms with E-state index in [0.717, 1.165) is 39.1 Å². The molecule has 0 N–H and O–H groups in total. The first-order valence-corrected chi connectivity index (χ1v) is 16.9. The Labute approximate surface area is 289 Å². The molecule has 10 rings (SSSR count). The zero-order chi connectivity index (χ0) is 33.0. The van der Waals surface area contributed by atoms with E-state index in [1.54, 1.807) is 0 Å². The molecule has 50 heavy (non-hydrogen) atoms. The molecule has 0 bridgehead atoms. The molecule has 4 heteroatoms. The molecule has 0 fully saturated rings. The SMILES string of the molecule is c1ccc(-c2ccc(-c3nc(-c4ccc(-n5c6ccccc6c6cc7ccn(-c8ccccc8)c7cc65)cc4)nc4ccccc34)cc2)cc1. The van der Waals surface area contributed by atoms with Crippen molar-refractivity contribution < 1.29 is 0 Å². The van der Waals surface area contributed by atoms with Crippen molar-refractivity contribution in [3.8, 4) is 45.1 Å². The number of hydrogen-bond donors (Lipinski definition) is 0. The molecule has 0 aliphatic rings. The van der Waals surface area contributed by atoms with Crippen LogP contribution in [-0.4, -0.2) is 19.1 Å². The van der Waals surface area contributed by atoms with Gasteiger partial charge in [-0.25, -0.2) is 9.97 Å². The van der Waals surface area contributed by atoms with Gasteiger partial charge in [0, 0.05) is 50.2 Å². The number of rotatable bonds is 5. The van der Waals surface area contributed by atoms with Crippen LogP contribution >= 0.6 is 0 Å². The minimum Gasteiger partial charge on any atom is -0.316 e. The zero-order valence-corrected chi connectivity index (χ0v) is 27.1. The summed E-state index contributed by atoms with van der Waals surface area (Å²) in [6.07, 6.45) is 2.16. The molecule has 10 aromatic rings. The first-order chi connectivity index (χ1) is 24.8. The average Bonchev–Trinajstić information content (AvgIpc) is 3.76. The van der Waals surface area contributed by atoms with E-state index in [9.17, 15) is 0 Å². The van der Waals surface area contributed by atoms with Crippen molar-refractivity contribution in [2.45, 2.75) is 0 Å². The van der Waals surface area contributed by atoms with E-state index in [0.29, 0.717) is 5.82 Å². The molecular formula is C46H30N4. The van der Waals surface area contributed by atoms with Crippen LogP contribution in [0, 0.1) is 0 Å². The van der Waals surface area contributed by atoms with Crippen LogP contribution in [0.3, 0.4) is 0 Å². The second-order valence-electron chi connectivity index (χ2n) is 12.7. The molecule has 4 nitrogen and oxygen atoms in total. The fourth-order valence-corrected chi connectivity index (χ4v) is 7.33. The maximum atomic E-state index is 5.18. The van der Waals surface area contributed by atoms with Gasteiger partial charge in [-0.05, 0) is 77.9 Å².